The molecule has 2 saturated carbocycles. The number of likely N-dealkylation sites (N-methyl/N-ethyl adjacent to an activating group) is 1. The monoisotopic (exact) mass is 741 g/mol. The number of thiazole rings is 1. The van der Waals surface area contributed by atoms with Crippen molar-refractivity contribution in [2.75, 3.05) is 51.8 Å². The molecule has 1 aromatic carbocycles. The molecule has 2 saturated heterocycles. The zero-order chi connectivity index (χ0) is 35.8. The molecule has 16 heteroatoms. The summed E-state index contributed by atoms with van der Waals surface area (Å²) in [5.41, 5.74) is 7.37. The number of pyridine rings is 1. The number of nitrogens with one attached hydrogen (secondary N) is 2. The molecule has 1 unspecified atom stereocenters. The summed E-state index contributed by atoms with van der Waals surface area (Å²) in [6.45, 7) is 6.28. The van der Waals surface area contributed by atoms with E-state index in [1.54, 1.807) is 12.1 Å². The van der Waals surface area contributed by atoms with Gasteiger partial charge in [-0.2, -0.15) is 0 Å². The van der Waals surface area contributed by atoms with Crippen molar-refractivity contribution in [3.8, 4) is 22.9 Å². The smallest absolute Gasteiger partial charge is 0.407 e. The number of anilines is 1. The van der Waals surface area contributed by atoms with E-state index < -0.39 is 30.1 Å². The maximum Gasteiger partial charge on any atom is 0.407 e. The first-order valence-corrected chi connectivity index (χ1v) is 18.7. The van der Waals surface area contributed by atoms with Crippen LogP contribution in [0.1, 0.15) is 39.5 Å². The number of benzene rings is 1. The van der Waals surface area contributed by atoms with Crippen LogP contribution in [-0.4, -0.2) is 115 Å². The molecule has 0 spiro atoms. The third kappa shape index (κ3) is 8.11. The van der Waals surface area contributed by atoms with Gasteiger partial charge >= 0.3 is 6.09 Å². The predicted molar refractivity (Wildman–Crippen MR) is 192 cm³/mol. The summed E-state index contributed by atoms with van der Waals surface area (Å²) in [5.74, 6) is 1.13. The zero-order valence-electron chi connectivity index (χ0n) is 28.9. The first kappa shape index (κ1) is 35.5. The Morgan fingerprint density at radius 2 is 1.90 bits per heavy atom. The molecule has 3 amide bonds. The van der Waals surface area contributed by atoms with Crippen LogP contribution in [0.3, 0.4) is 0 Å². The number of fused-ring (bicyclic) bond motifs is 2. The van der Waals surface area contributed by atoms with Gasteiger partial charge in [-0.15, -0.1) is 11.3 Å². The van der Waals surface area contributed by atoms with E-state index in [0.717, 1.165) is 24.5 Å². The minimum Gasteiger partial charge on any atom is -0.490 e. The number of carbonyl (C=O) groups is 3. The average Bonchev–Trinajstić information content (AvgIpc) is 3.42. The number of morpholine rings is 1. The molecule has 0 radical (unpaired) electrons. The summed E-state index contributed by atoms with van der Waals surface area (Å²) >= 11 is 8.45. The van der Waals surface area contributed by atoms with Crippen molar-refractivity contribution in [1.29, 1.82) is 0 Å². The second-order valence-electron chi connectivity index (χ2n) is 14.2. The molecule has 2 aliphatic heterocycles. The van der Waals surface area contributed by atoms with Crippen molar-refractivity contribution in [3.63, 3.8) is 0 Å². The lowest BCUT2D eigenvalue weighted by atomic mass is 10.1. The second-order valence-corrected chi connectivity index (χ2v) is 15.4. The van der Waals surface area contributed by atoms with Crippen molar-refractivity contribution in [1.82, 2.24) is 25.1 Å². The fraction of sp³-hybridized carbons (Fsp3) is 0.571. The first-order chi connectivity index (χ1) is 24.5. The fourth-order valence-electron chi connectivity index (χ4n) is 7.16. The normalized spacial score (nSPS) is 25.9. The standard InChI is InChI=1S/C35H44ClN7O7S/c1-18(2)39-34-41-26(17-51-34)25-12-29(24-4-5-28(31(36)32(24)40-25)48-16-21-15-47-7-6-42(21)3)49-23-11-27(33(37)45)43(14-23)30(44)13-38-35(46)50-22-9-19-8-20(19)10-22/h4-5,12,17-23,27H,6-11,13-16H2,1-3H3,(H2,37,45)(H,38,46)(H,39,41)/t19-,20+,21-,22?,23-,27+/m1/s1. The topological polar surface area (TPSA) is 170 Å². The lowest BCUT2D eigenvalue weighted by Gasteiger charge is -2.32. The molecule has 2 aromatic heterocycles. The van der Waals surface area contributed by atoms with Gasteiger partial charge in [-0.25, -0.2) is 14.8 Å². The van der Waals surface area contributed by atoms with Crippen LogP contribution in [0, 0.1) is 11.8 Å². The van der Waals surface area contributed by atoms with Crippen LogP contribution < -0.4 is 25.8 Å². The Bertz CT molecular complexity index is 1780. The molecular weight excluding hydrogens is 698 g/mol. The van der Waals surface area contributed by atoms with E-state index in [1.165, 1.54) is 22.7 Å². The van der Waals surface area contributed by atoms with Gasteiger partial charge in [0.15, 0.2) is 5.13 Å². The molecule has 0 bridgehead atoms. The van der Waals surface area contributed by atoms with Crippen LogP contribution in [0.15, 0.2) is 23.6 Å². The maximum atomic E-state index is 13.3. The van der Waals surface area contributed by atoms with Gasteiger partial charge in [0.05, 0.1) is 37.0 Å². The van der Waals surface area contributed by atoms with Crippen LogP contribution >= 0.6 is 22.9 Å². The Morgan fingerprint density at radius 1 is 1.10 bits per heavy atom. The quantitative estimate of drug-likeness (QED) is 0.246. The predicted octanol–water partition coefficient (Wildman–Crippen LogP) is 3.90. The molecule has 4 aliphatic rings. The summed E-state index contributed by atoms with van der Waals surface area (Å²) in [6.07, 6.45) is 1.78. The van der Waals surface area contributed by atoms with Gasteiger partial charge in [0.2, 0.25) is 11.8 Å². The second kappa shape index (κ2) is 15.0. The number of nitrogens with two attached hydrogens (primary N) is 1. The number of amides is 3. The van der Waals surface area contributed by atoms with E-state index in [0.29, 0.717) is 70.5 Å². The van der Waals surface area contributed by atoms with Crippen LogP contribution in [-0.2, 0) is 19.1 Å². The van der Waals surface area contributed by atoms with Crippen LogP contribution in [0.2, 0.25) is 5.02 Å². The van der Waals surface area contributed by atoms with Gasteiger partial charge in [-0.05, 0) is 64.1 Å². The minimum atomic E-state index is -0.913. The van der Waals surface area contributed by atoms with Crippen LogP contribution in [0.4, 0.5) is 9.93 Å². The Labute approximate surface area is 305 Å². The molecular formula is C35H44ClN7O7S. The summed E-state index contributed by atoms with van der Waals surface area (Å²) in [6, 6.07) is 4.77. The highest BCUT2D eigenvalue weighted by atomic mass is 35.5. The van der Waals surface area contributed by atoms with Gasteiger partial charge in [0, 0.05) is 35.8 Å². The van der Waals surface area contributed by atoms with Gasteiger partial charge < -0.3 is 40.2 Å². The number of hydrogen-bond donors (Lipinski definition) is 3. The lowest BCUT2D eigenvalue weighted by Crippen LogP contribution is -2.47. The third-order valence-corrected chi connectivity index (χ3v) is 11.2. The van der Waals surface area contributed by atoms with E-state index in [2.05, 4.69) is 15.5 Å². The van der Waals surface area contributed by atoms with Gasteiger partial charge in [0.25, 0.3) is 0 Å². The summed E-state index contributed by atoms with van der Waals surface area (Å²) < 4.78 is 23.9. The third-order valence-electron chi connectivity index (χ3n) is 10.0. The van der Waals surface area contributed by atoms with Gasteiger partial charge in [0.1, 0.15) is 53.6 Å². The number of hydrogen-bond acceptors (Lipinski definition) is 12. The van der Waals surface area contributed by atoms with Crippen molar-refractivity contribution >= 4 is 56.9 Å². The Morgan fingerprint density at radius 3 is 2.65 bits per heavy atom. The number of rotatable bonds is 12. The van der Waals surface area contributed by atoms with Crippen molar-refractivity contribution < 1.29 is 33.3 Å². The molecule has 274 valence electrons. The molecule has 3 aromatic rings. The van der Waals surface area contributed by atoms with E-state index in [1.807, 2.05) is 32.3 Å². The van der Waals surface area contributed by atoms with E-state index >= 15 is 0 Å². The maximum absolute atomic E-state index is 13.3. The molecule has 14 nitrogen and oxygen atoms in total. The summed E-state index contributed by atoms with van der Waals surface area (Å²) in [4.78, 5) is 51.4. The van der Waals surface area contributed by atoms with E-state index in [4.69, 9.17) is 46.3 Å². The number of likely N-dealkylation sites (tertiary alicyclic amines) is 1. The Hall–Kier alpha value is -3.92. The van der Waals surface area contributed by atoms with Gasteiger partial charge in [-0.3, -0.25) is 14.5 Å². The van der Waals surface area contributed by atoms with Crippen molar-refractivity contribution in [3.05, 3.63) is 28.6 Å². The van der Waals surface area contributed by atoms with Crippen LogP contribution in [0.5, 0.6) is 11.5 Å². The van der Waals surface area contributed by atoms with Crippen molar-refractivity contribution in [2.24, 2.45) is 17.6 Å². The molecule has 4 heterocycles. The van der Waals surface area contributed by atoms with Crippen LogP contribution in [0.25, 0.3) is 22.3 Å². The Balaban J connectivity index is 1.10. The average molecular weight is 742 g/mol. The molecule has 4 N–H and O–H groups in total. The number of carbonyl (C=O) groups excluding carboxylic acids is 3. The SMILES string of the molecule is CC(C)Nc1nc(-c2cc(O[C@@H]3C[C@@H](C(N)=O)N(C(=O)CNC(=O)OC4C[C@@H]5C[C@@H]5C4)C3)c3ccc(OC[C@H]4COCCN4C)c(Cl)c3n2)cs1. The number of aromatic nitrogens is 2. The fourth-order valence-corrected chi connectivity index (χ4v) is 8.27. The number of ether oxygens (including phenoxy) is 4. The lowest BCUT2D eigenvalue weighted by molar-refractivity contribution is -0.136. The highest BCUT2D eigenvalue weighted by Crippen LogP contribution is 2.52. The Kier molecular flexibility index (Phi) is 10.4. The zero-order valence-corrected chi connectivity index (χ0v) is 30.5. The molecule has 51 heavy (non-hydrogen) atoms. The minimum absolute atomic E-state index is 0.0791. The largest absolute Gasteiger partial charge is 0.490 e. The highest BCUT2D eigenvalue weighted by Gasteiger charge is 2.47. The highest BCUT2D eigenvalue weighted by molar-refractivity contribution is 7.14. The first-order valence-electron chi connectivity index (χ1n) is 17.5. The number of halogens is 1. The molecule has 2 aliphatic carbocycles. The molecule has 4 fully saturated rings. The van der Waals surface area contributed by atoms with E-state index in [-0.39, 0.29) is 37.7 Å². The van der Waals surface area contributed by atoms with E-state index in [9.17, 15) is 14.4 Å². The number of nitrogens with zero attached hydrogens (tertiary/aromatic N) is 4. The molecule has 6 atom stereocenters. The van der Waals surface area contributed by atoms with Gasteiger partial charge in [-0.1, -0.05) is 11.6 Å². The summed E-state index contributed by atoms with van der Waals surface area (Å²) in [7, 11) is 2.04. The molecule has 7 rings (SSSR count). The number of alkyl carbamates (subject to hydrolysis) is 1. The van der Waals surface area contributed by atoms with Crippen molar-refractivity contribution in [2.45, 2.75) is 69.9 Å². The number of primary amides is 1. The summed E-state index contributed by atoms with van der Waals surface area (Å²) in [5, 5.41) is 9.46.